The van der Waals surface area contributed by atoms with Crippen molar-refractivity contribution in [2.45, 2.75) is 64.8 Å². The van der Waals surface area contributed by atoms with Crippen molar-refractivity contribution < 1.29 is 14.7 Å². The summed E-state index contributed by atoms with van der Waals surface area (Å²) in [5, 5.41) is 13.5. The molecule has 29 heavy (non-hydrogen) atoms. The average Bonchev–Trinajstić information content (AvgIpc) is 2.92. The second-order valence-corrected chi connectivity index (χ2v) is 8.43. The van der Waals surface area contributed by atoms with Gasteiger partial charge in [-0.25, -0.2) is 4.79 Å². The van der Waals surface area contributed by atoms with E-state index in [1.807, 2.05) is 0 Å². The number of hydrogen-bond acceptors (Lipinski definition) is 3. The zero-order chi connectivity index (χ0) is 21.0. The van der Waals surface area contributed by atoms with E-state index in [0.717, 1.165) is 12.8 Å². The van der Waals surface area contributed by atoms with E-state index in [0.29, 0.717) is 28.8 Å². The van der Waals surface area contributed by atoms with Crippen LogP contribution in [-0.2, 0) is 9.59 Å². The normalized spacial score (nSPS) is 16.5. The summed E-state index contributed by atoms with van der Waals surface area (Å²) in [6.45, 7) is 3.55. The van der Waals surface area contributed by atoms with E-state index >= 15 is 0 Å². The van der Waals surface area contributed by atoms with Gasteiger partial charge in [0, 0.05) is 29.1 Å². The van der Waals surface area contributed by atoms with Crippen molar-refractivity contribution >= 4 is 28.3 Å². The maximum Gasteiger partial charge on any atom is 0.327 e. The molecule has 1 heterocycles. The number of rotatable bonds is 6. The molecule has 1 aromatic heterocycles. The van der Waals surface area contributed by atoms with Crippen molar-refractivity contribution in [1.29, 1.82) is 0 Å². The highest BCUT2D eigenvalue weighted by atomic mass is 16.4. The van der Waals surface area contributed by atoms with Crippen molar-refractivity contribution in [3.05, 3.63) is 40.8 Å². The number of anilines is 1. The lowest BCUT2D eigenvalue weighted by atomic mass is 9.96. The number of carbonyl (C=O) groups is 2. The van der Waals surface area contributed by atoms with E-state index in [-0.39, 0.29) is 17.4 Å². The van der Waals surface area contributed by atoms with Crippen molar-refractivity contribution in [2.75, 3.05) is 5.32 Å². The number of aromatic nitrogens is 1. The molecule has 2 N–H and O–H groups in total. The number of carboxylic acids is 1. The SMILES string of the molecule is CC(C)[C@H](C(=O)O)n1ccc2c(NC(=O)CC3CCCCCC3)cccc2c1=O. The summed E-state index contributed by atoms with van der Waals surface area (Å²) in [7, 11) is 0. The number of hydrogen-bond donors (Lipinski definition) is 2. The molecular formula is C23H30N2O4. The molecule has 156 valence electrons. The quantitative estimate of drug-likeness (QED) is 0.697. The highest BCUT2D eigenvalue weighted by Gasteiger charge is 2.25. The Morgan fingerprint density at radius 3 is 2.41 bits per heavy atom. The van der Waals surface area contributed by atoms with Gasteiger partial charge in [-0.1, -0.05) is 45.6 Å². The molecule has 3 rings (SSSR count). The Morgan fingerprint density at radius 2 is 1.79 bits per heavy atom. The molecule has 0 spiro atoms. The lowest BCUT2D eigenvalue weighted by Crippen LogP contribution is -2.32. The molecule has 6 heteroatoms. The molecule has 1 aromatic carbocycles. The van der Waals surface area contributed by atoms with Crippen LogP contribution in [0.4, 0.5) is 5.69 Å². The van der Waals surface area contributed by atoms with Crippen LogP contribution in [0.3, 0.4) is 0 Å². The van der Waals surface area contributed by atoms with Crippen molar-refractivity contribution in [3.8, 4) is 0 Å². The second kappa shape index (κ2) is 9.25. The molecule has 6 nitrogen and oxygen atoms in total. The van der Waals surface area contributed by atoms with Gasteiger partial charge in [-0.05, 0) is 42.9 Å². The predicted molar refractivity (Wildman–Crippen MR) is 114 cm³/mol. The fraction of sp³-hybridized carbons (Fsp3) is 0.522. The Bertz CT molecular complexity index is 940. The molecule has 0 bridgehead atoms. The lowest BCUT2D eigenvalue weighted by Gasteiger charge is -2.20. The highest BCUT2D eigenvalue weighted by Crippen LogP contribution is 2.27. The molecule has 1 fully saturated rings. The zero-order valence-corrected chi connectivity index (χ0v) is 17.2. The van der Waals surface area contributed by atoms with Crippen molar-refractivity contribution in [3.63, 3.8) is 0 Å². The number of carbonyl (C=O) groups excluding carboxylic acids is 1. The summed E-state index contributed by atoms with van der Waals surface area (Å²) in [6.07, 6.45) is 9.09. The van der Waals surface area contributed by atoms with Gasteiger partial charge in [0.2, 0.25) is 5.91 Å². The minimum atomic E-state index is -1.03. The van der Waals surface area contributed by atoms with Crippen LogP contribution in [0, 0.1) is 11.8 Å². The predicted octanol–water partition coefficient (Wildman–Crippen LogP) is 4.58. The van der Waals surface area contributed by atoms with Gasteiger partial charge in [-0.3, -0.25) is 9.59 Å². The fourth-order valence-corrected chi connectivity index (χ4v) is 4.38. The second-order valence-electron chi connectivity index (χ2n) is 8.43. The molecule has 1 atom stereocenters. The molecule has 2 aromatic rings. The monoisotopic (exact) mass is 398 g/mol. The van der Waals surface area contributed by atoms with Crippen LogP contribution in [0.2, 0.25) is 0 Å². The van der Waals surface area contributed by atoms with Crippen LogP contribution in [0.15, 0.2) is 35.3 Å². The molecular weight excluding hydrogens is 368 g/mol. The highest BCUT2D eigenvalue weighted by molar-refractivity contribution is 6.01. The number of aliphatic carboxylic acids is 1. The molecule has 0 radical (unpaired) electrons. The first-order valence-corrected chi connectivity index (χ1v) is 10.5. The third kappa shape index (κ3) is 4.86. The molecule has 1 aliphatic rings. The Balaban J connectivity index is 1.86. The van der Waals surface area contributed by atoms with Gasteiger partial charge in [-0.15, -0.1) is 0 Å². The largest absolute Gasteiger partial charge is 0.480 e. The van der Waals surface area contributed by atoms with Gasteiger partial charge < -0.3 is 15.0 Å². The molecule has 0 aliphatic heterocycles. The number of nitrogens with one attached hydrogen (secondary N) is 1. The van der Waals surface area contributed by atoms with E-state index in [1.165, 1.54) is 36.4 Å². The number of carboxylic acid groups (broad SMARTS) is 1. The summed E-state index contributed by atoms with van der Waals surface area (Å²) < 4.78 is 1.27. The van der Waals surface area contributed by atoms with Crippen LogP contribution < -0.4 is 10.9 Å². The van der Waals surface area contributed by atoms with Crippen LogP contribution in [-0.4, -0.2) is 21.6 Å². The Morgan fingerprint density at radius 1 is 1.10 bits per heavy atom. The maximum atomic E-state index is 13.0. The number of pyridine rings is 1. The average molecular weight is 399 g/mol. The van der Waals surface area contributed by atoms with Crippen molar-refractivity contribution in [2.24, 2.45) is 11.8 Å². The van der Waals surface area contributed by atoms with Gasteiger partial charge in [0.25, 0.3) is 5.56 Å². The Hall–Kier alpha value is -2.63. The summed E-state index contributed by atoms with van der Waals surface area (Å²) in [5.41, 5.74) is 0.241. The smallest absolute Gasteiger partial charge is 0.327 e. The number of amides is 1. The van der Waals surface area contributed by atoms with Crippen LogP contribution >= 0.6 is 0 Å². The van der Waals surface area contributed by atoms with E-state index in [1.54, 1.807) is 38.1 Å². The zero-order valence-electron chi connectivity index (χ0n) is 17.2. The van der Waals surface area contributed by atoms with Gasteiger partial charge >= 0.3 is 5.97 Å². The molecule has 1 amide bonds. The number of benzene rings is 1. The lowest BCUT2D eigenvalue weighted by molar-refractivity contribution is -0.142. The van der Waals surface area contributed by atoms with Crippen LogP contribution in [0.5, 0.6) is 0 Å². The molecule has 0 unspecified atom stereocenters. The summed E-state index contributed by atoms with van der Waals surface area (Å²) in [4.78, 5) is 37.2. The van der Waals surface area contributed by atoms with Crippen molar-refractivity contribution in [1.82, 2.24) is 4.57 Å². The van der Waals surface area contributed by atoms with Gasteiger partial charge in [0.05, 0.1) is 0 Å². The van der Waals surface area contributed by atoms with Gasteiger partial charge in [0.1, 0.15) is 6.04 Å². The van der Waals surface area contributed by atoms with E-state index < -0.39 is 12.0 Å². The van der Waals surface area contributed by atoms with E-state index in [9.17, 15) is 19.5 Å². The summed E-state index contributed by atoms with van der Waals surface area (Å²) in [6, 6.07) is 5.97. The number of nitrogens with zero attached hydrogens (tertiary/aromatic N) is 1. The Kier molecular flexibility index (Phi) is 6.72. The summed E-state index contributed by atoms with van der Waals surface area (Å²) >= 11 is 0. The van der Waals surface area contributed by atoms with Gasteiger partial charge in [-0.2, -0.15) is 0 Å². The minimum Gasteiger partial charge on any atom is -0.480 e. The topological polar surface area (TPSA) is 88.4 Å². The fourth-order valence-electron chi connectivity index (χ4n) is 4.38. The molecule has 0 saturated heterocycles. The Labute approximate surface area is 170 Å². The first-order valence-electron chi connectivity index (χ1n) is 10.5. The van der Waals surface area contributed by atoms with Crippen LogP contribution in [0.1, 0.15) is 64.8 Å². The minimum absolute atomic E-state index is 0.0285. The standard InChI is InChI=1S/C23H30N2O4/c1-15(2)21(23(28)29)25-13-12-17-18(22(25)27)10-7-11-19(17)24-20(26)14-16-8-5-3-4-6-9-16/h7,10-13,15-16,21H,3-6,8-9,14H2,1-2H3,(H,24,26)(H,28,29)/t21-/m1/s1. The first kappa shape index (κ1) is 21.1. The molecule has 1 saturated carbocycles. The van der Waals surface area contributed by atoms with Gasteiger partial charge in [0.15, 0.2) is 0 Å². The van der Waals surface area contributed by atoms with Crippen LogP contribution in [0.25, 0.3) is 10.8 Å². The first-order chi connectivity index (χ1) is 13.9. The number of fused-ring (bicyclic) bond motifs is 1. The van der Waals surface area contributed by atoms with E-state index in [4.69, 9.17) is 0 Å². The third-order valence-corrected chi connectivity index (χ3v) is 5.88. The summed E-state index contributed by atoms with van der Waals surface area (Å²) in [5.74, 6) is -0.870. The maximum absolute atomic E-state index is 13.0. The van der Waals surface area contributed by atoms with E-state index in [2.05, 4.69) is 5.32 Å². The third-order valence-electron chi connectivity index (χ3n) is 5.88. The molecule has 1 aliphatic carbocycles.